The van der Waals surface area contributed by atoms with Crippen LogP contribution in [0.5, 0.6) is 0 Å². The van der Waals surface area contributed by atoms with Crippen LogP contribution < -0.4 is 5.32 Å². The highest BCUT2D eigenvalue weighted by Crippen LogP contribution is 2.29. The number of aromatic nitrogens is 1. The summed E-state index contributed by atoms with van der Waals surface area (Å²) in [7, 11) is 0. The average Bonchev–Trinajstić information content (AvgIpc) is 3.23. The third kappa shape index (κ3) is 4.50. The van der Waals surface area contributed by atoms with Crippen LogP contribution in [0.1, 0.15) is 50.4 Å². The van der Waals surface area contributed by atoms with Crippen LogP contribution in [0.15, 0.2) is 34.8 Å². The summed E-state index contributed by atoms with van der Waals surface area (Å²) < 4.78 is 0. The van der Waals surface area contributed by atoms with E-state index in [1.54, 1.807) is 24.3 Å². The molecule has 3 rings (SSSR count). The van der Waals surface area contributed by atoms with Crippen molar-refractivity contribution in [2.45, 2.75) is 51.6 Å². The molecular formula is C20H24ClN3O2S. The highest BCUT2D eigenvalue weighted by Gasteiger charge is 2.42. The maximum absolute atomic E-state index is 12.6. The number of thiazole rings is 1. The van der Waals surface area contributed by atoms with Crippen molar-refractivity contribution in [3.63, 3.8) is 0 Å². The topological polar surface area (TPSA) is 63.6 Å². The molecule has 2 heterocycles. The smallest absolute Gasteiger partial charge is 0.267 e. The molecule has 1 amide bonds. The Hall–Kier alpha value is -1.92. The quantitative estimate of drug-likeness (QED) is 0.804. The third-order valence-corrected chi connectivity index (χ3v) is 5.71. The zero-order valence-electron chi connectivity index (χ0n) is 16.0. The van der Waals surface area contributed by atoms with E-state index in [0.717, 1.165) is 16.3 Å². The van der Waals surface area contributed by atoms with Crippen LogP contribution in [-0.4, -0.2) is 28.7 Å². The van der Waals surface area contributed by atoms with Gasteiger partial charge in [0.25, 0.3) is 5.91 Å². The zero-order chi connectivity index (χ0) is 19.7. The highest BCUT2D eigenvalue weighted by molar-refractivity contribution is 7.09. The summed E-state index contributed by atoms with van der Waals surface area (Å²) in [5.41, 5.74) is 1.59. The third-order valence-electron chi connectivity index (χ3n) is 4.47. The van der Waals surface area contributed by atoms with Crippen molar-refractivity contribution in [2.75, 3.05) is 6.54 Å². The lowest BCUT2D eigenvalue weighted by atomic mass is 9.93. The van der Waals surface area contributed by atoms with Crippen LogP contribution in [0.3, 0.4) is 0 Å². The van der Waals surface area contributed by atoms with E-state index < -0.39 is 5.60 Å². The number of nitrogens with one attached hydrogen (secondary N) is 1. The van der Waals surface area contributed by atoms with E-state index in [2.05, 4.69) is 41.6 Å². The van der Waals surface area contributed by atoms with Gasteiger partial charge >= 0.3 is 0 Å². The molecule has 1 aliphatic heterocycles. The molecule has 27 heavy (non-hydrogen) atoms. The van der Waals surface area contributed by atoms with Crippen LogP contribution >= 0.6 is 22.9 Å². The molecule has 7 heteroatoms. The van der Waals surface area contributed by atoms with Crippen molar-refractivity contribution in [3.05, 3.63) is 50.9 Å². The number of hydrogen-bond acceptors (Lipinski definition) is 5. The molecule has 0 aliphatic carbocycles. The Bertz CT molecular complexity index is 872. The number of rotatable bonds is 5. The Labute approximate surface area is 168 Å². The first-order valence-corrected chi connectivity index (χ1v) is 10.2. The maximum atomic E-state index is 12.6. The first kappa shape index (κ1) is 19.8. The van der Waals surface area contributed by atoms with Crippen molar-refractivity contribution in [1.82, 2.24) is 10.3 Å². The van der Waals surface area contributed by atoms with Crippen molar-refractivity contribution < 1.29 is 9.63 Å². The Morgan fingerprint density at radius 3 is 2.78 bits per heavy atom. The molecule has 144 valence electrons. The number of hydrogen-bond donors (Lipinski definition) is 1. The lowest BCUT2D eigenvalue weighted by Crippen LogP contribution is -2.45. The van der Waals surface area contributed by atoms with Gasteiger partial charge in [-0.05, 0) is 13.0 Å². The van der Waals surface area contributed by atoms with Gasteiger partial charge in [0, 0.05) is 40.8 Å². The van der Waals surface area contributed by atoms with Gasteiger partial charge in [0.2, 0.25) is 5.60 Å². The molecular weight excluding hydrogens is 382 g/mol. The van der Waals surface area contributed by atoms with E-state index >= 15 is 0 Å². The molecule has 1 atom stereocenters. The summed E-state index contributed by atoms with van der Waals surface area (Å²) in [6, 6.07) is 7.43. The minimum Gasteiger partial charge on any atom is -0.379 e. The van der Waals surface area contributed by atoms with Gasteiger partial charge in [-0.2, -0.15) is 0 Å². The summed E-state index contributed by atoms with van der Waals surface area (Å²) in [6.45, 7) is 8.68. The standard InChI is InChI=1S/C20H24ClN3O2S/c1-19(2,3)16-12-27-17(23-16)9-10-22-18(25)20(4)11-15(24-26-20)13-7-5-6-8-14(13)21/h5-8,12H,9-11H2,1-4H3,(H,22,25). The van der Waals surface area contributed by atoms with Gasteiger partial charge in [0.05, 0.1) is 16.4 Å². The van der Waals surface area contributed by atoms with E-state index in [4.69, 9.17) is 16.4 Å². The molecule has 1 aromatic carbocycles. The van der Waals surface area contributed by atoms with E-state index in [0.29, 0.717) is 30.1 Å². The van der Waals surface area contributed by atoms with Gasteiger partial charge in [-0.1, -0.05) is 55.7 Å². The second kappa shape index (κ2) is 7.60. The molecule has 1 aliphatic rings. The van der Waals surface area contributed by atoms with Gasteiger partial charge in [-0.25, -0.2) is 4.98 Å². The fraction of sp³-hybridized carbons (Fsp3) is 0.450. The van der Waals surface area contributed by atoms with Crippen molar-refractivity contribution >= 4 is 34.6 Å². The summed E-state index contributed by atoms with van der Waals surface area (Å²) in [4.78, 5) is 22.8. The second-order valence-electron chi connectivity index (χ2n) is 7.90. The Morgan fingerprint density at radius 2 is 2.11 bits per heavy atom. The summed E-state index contributed by atoms with van der Waals surface area (Å²) in [5.74, 6) is -0.180. The Balaban J connectivity index is 1.54. The highest BCUT2D eigenvalue weighted by atomic mass is 35.5. The first-order chi connectivity index (χ1) is 12.7. The van der Waals surface area contributed by atoms with E-state index in [1.165, 1.54) is 0 Å². The van der Waals surface area contributed by atoms with Crippen LogP contribution in [0.25, 0.3) is 0 Å². The molecule has 2 aromatic rings. The lowest BCUT2D eigenvalue weighted by Gasteiger charge is -2.20. The predicted octanol–water partition coefficient (Wildman–Crippen LogP) is 4.34. The lowest BCUT2D eigenvalue weighted by molar-refractivity contribution is -0.141. The number of benzene rings is 1. The predicted molar refractivity (Wildman–Crippen MR) is 110 cm³/mol. The molecule has 1 unspecified atom stereocenters. The number of amides is 1. The largest absolute Gasteiger partial charge is 0.379 e. The summed E-state index contributed by atoms with van der Waals surface area (Å²) in [6.07, 6.45) is 1.08. The normalized spacial score (nSPS) is 19.5. The molecule has 5 nitrogen and oxygen atoms in total. The SMILES string of the molecule is CC1(C(=O)NCCc2nc(C(C)(C)C)cs2)CC(c2ccccc2Cl)=NO1. The Kier molecular flexibility index (Phi) is 5.58. The van der Waals surface area contributed by atoms with Crippen LogP contribution in [0.2, 0.25) is 5.02 Å². The summed E-state index contributed by atoms with van der Waals surface area (Å²) in [5, 5.41) is 10.7. The van der Waals surface area contributed by atoms with Gasteiger partial charge < -0.3 is 10.2 Å². The fourth-order valence-electron chi connectivity index (χ4n) is 2.74. The average molecular weight is 406 g/mol. The number of carbonyl (C=O) groups is 1. The first-order valence-electron chi connectivity index (χ1n) is 8.92. The molecule has 1 aromatic heterocycles. The molecule has 0 spiro atoms. The molecule has 0 fully saturated rings. The monoisotopic (exact) mass is 405 g/mol. The molecule has 0 radical (unpaired) electrons. The van der Waals surface area contributed by atoms with E-state index in [9.17, 15) is 4.79 Å². The number of carbonyl (C=O) groups excluding carboxylic acids is 1. The van der Waals surface area contributed by atoms with E-state index in [1.807, 2.05) is 18.2 Å². The van der Waals surface area contributed by atoms with Gasteiger partial charge in [0.1, 0.15) is 0 Å². The molecule has 0 saturated heterocycles. The minimum absolute atomic E-state index is 0.0373. The molecule has 0 saturated carbocycles. The fourth-order valence-corrected chi connectivity index (χ4v) is 4.01. The van der Waals surface area contributed by atoms with Gasteiger partial charge in [-0.3, -0.25) is 4.79 Å². The van der Waals surface area contributed by atoms with Crippen LogP contribution in [0.4, 0.5) is 0 Å². The molecule has 1 N–H and O–H groups in total. The second-order valence-corrected chi connectivity index (χ2v) is 9.25. The minimum atomic E-state index is -1.02. The van der Waals surface area contributed by atoms with Crippen molar-refractivity contribution in [1.29, 1.82) is 0 Å². The van der Waals surface area contributed by atoms with Crippen LogP contribution in [-0.2, 0) is 21.5 Å². The van der Waals surface area contributed by atoms with Gasteiger partial charge in [-0.15, -0.1) is 11.3 Å². The zero-order valence-corrected chi connectivity index (χ0v) is 17.6. The van der Waals surface area contributed by atoms with Crippen LogP contribution in [0, 0.1) is 0 Å². The number of halogens is 1. The number of oxime groups is 1. The Morgan fingerprint density at radius 1 is 1.37 bits per heavy atom. The van der Waals surface area contributed by atoms with Crippen molar-refractivity contribution in [3.8, 4) is 0 Å². The van der Waals surface area contributed by atoms with E-state index in [-0.39, 0.29) is 11.3 Å². The van der Waals surface area contributed by atoms with Gasteiger partial charge in [0.15, 0.2) is 0 Å². The molecule has 0 bridgehead atoms. The summed E-state index contributed by atoms with van der Waals surface area (Å²) >= 11 is 7.85. The maximum Gasteiger partial charge on any atom is 0.267 e. The number of nitrogens with zero attached hydrogens (tertiary/aromatic N) is 2. The van der Waals surface area contributed by atoms with Crippen molar-refractivity contribution in [2.24, 2.45) is 5.16 Å².